The van der Waals surface area contributed by atoms with E-state index >= 15 is 0 Å². The number of carbonyl (C=O) groups is 1. The minimum Gasteiger partial charge on any atom is -0.491 e. The van der Waals surface area contributed by atoms with Gasteiger partial charge in [0, 0.05) is 6.61 Å². The molecule has 9 heteroatoms. The van der Waals surface area contributed by atoms with Crippen LogP contribution < -0.4 is 16.2 Å². The molecule has 132 valence electrons. The maximum Gasteiger partial charge on any atom is 0.338 e. The van der Waals surface area contributed by atoms with E-state index in [0.29, 0.717) is 17.9 Å². The highest BCUT2D eigenvalue weighted by Gasteiger charge is 2.16. The van der Waals surface area contributed by atoms with E-state index < -0.39 is 5.97 Å². The number of anilines is 2. The second-order valence-corrected chi connectivity index (χ2v) is 5.51. The van der Waals surface area contributed by atoms with Gasteiger partial charge in [-0.25, -0.2) is 4.79 Å². The Hall–Kier alpha value is -2.94. The van der Waals surface area contributed by atoms with Gasteiger partial charge in [0.25, 0.3) is 0 Å². The van der Waals surface area contributed by atoms with Crippen molar-refractivity contribution >= 4 is 17.9 Å². The van der Waals surface area contributed by atoms with E-state index in [4.69, 9.17) is 25.7 Å². The molecule has 0 radical (unpaired) electrons. The van der Waals surface area contributed by atoms with Crippen LogP contribution in [0, 0.1) is 0 Å². The molecule has 2 aromatic rings. The largest absolute Gasteiger partial charge is 0.491 e. The summed E-state index contributed by atoms with van der Waals surface area (Å²) in [6, 6.07) is 6.68. The molecule has 0 amide bonds. The molecule has 9 nitrogen and oxygen atoms in total. The number of hydrogen-bond acceptors (Lipinski definition) is 9. The van der Waals surface area contributed by atoms with Crippen molar-refractivity contribution in [2.24, 2.45) is 0 Å². The summed E-state index contributed by atoms with van der Waals surface area (Å²) in [7, 11) is 0. The fourth-order valence-electron chi connectivity index (χ4n) is 2.39. The average Bonchev–Trinajstić information content (AvgIpc) is 3.11. The maximum atomic E-state index is 12.0. The molecular formula is C16H19N5O4. The van der Waals surface area contributed by atoms with Gasteiger partial charge in [0.1, 0.15) is 12.4 Å². The Morgan fingerprint density at radius 2 is 1.88 bits per heavy atom. The summed E-state index contributed by atoms with van der Waals surface area (Å²) < 4.78 is 16.3. The van der Waals surface area contributed by atoms with Crippen LogP contribution in [0.4, 0.5) is 11.9 Å². The van der Waals surface area contributed by atoms with Gasteiger partial charge in [-0.05, 0) is 37.1 Å². The second-order valence-electron chi connectivity index (χ2n) is 5.51. The first-order chi connectivity index (χ1) is 12.1. The Balaban J connectivity index is 1.51. The minimum absolute atomic E-state index is 0.0220. The monoisotopic (exact) mass is 345 g/mol. The number of hydrogen-bond donors (Lipinski definition) is 2. The number of nitrogens with two attached hydrogens (primary N) is 2. The van der Waals surface area contributed by atoms with E-state index in [1.54, 1.807) is 24.3 Å². The van der Waals surface area contributed by atoms with Gasteiger partial charge in [-0.3, -0.25) is 0 Å². The Bertz CT molecular complexity index is 712. The van der Waals surface area contributed by atoms with Gasteiger partial charge in [0.15, 0.2) is 12.4 Å². The number of rotatable bonds is 6. The van der Waals surface area contributed by atoms with Crippen molar-refractivity contribution < 1.29 is 19.0 Å². The van der Waals surface area contributed by atoms with E-state index in [9.17, 15) is 4.79 Å². The van der Waals surface area contributed by atoms with Crippen LogP contribution in [0.5, 0.6) is 5.75 Å². The van der Waals surface area contributed by atoms with E-state index in [1.807, 2.05) is 0 Å². The molecule has 0 aliphatic carbocycles. The highest BCUT2D eigenvalue weighted by Crippen LogP contribution is 2.17. The molecule has 4 N–H and O–H groups in total. The maximum absolute atomic E-state index is 12.0. The lowest BCUT2D eigenvalue weighted by Crippen LogP contribution is -2.16. The molecule has 1 atom stereocenters. The lowest BCUT2D eigenvalue weighted by Gasteiger charge is -2.11. The normalized spacial score (nSPS) is 16.6. The predicted octanol–water partition coefficient (Wildman–Crippen LogP) is 0.951. The van der Waals surface area contributed by atoms with Gasteiger partial charge in [-0.1, -0.05) is 0 Å². The van der Waals surface area contributed by atoms with Crippen molar-refractivity contribution in [1.29, 1.82) is 0 Å². The first-order valence-corrected chi connectivity index (χ1v) is 7.87. The van der Waals surface area contributed by atoms with Crippen LogP contribution in [0.2, 0.25) is 0 Å². The number of nitrogen functional groups attached to an aromatic ring is 2. The van der Waals surface area contributed by atoms with Crippen LogP contribution in [-0.2, 0) is 16.1 Å². The van der Waals surface area contributed by atoms with Crippen LogP contribution in [0.15, 0.2) is 24.3 Å². The Morgan fingerprint density at radius 3 is 2.52 bits per heavy atom. The average molecular weight is 345 g/mol. The van der Waals surface area contributed by atoms with Crippen LogP contribution in [-0.4, -0.2) is 40.2 Å². The fraction of sp³-hybridized carbons (Fsp3) is 0.375. The molecule has 1 aromatic carbocycles. The molecule has 0 spiro atoms. The van der Waals surface area contributed by atoms with Gasteiger partial charge in [-0.15, -0.1) is 0 Å². The van der Waals surface area contributed by atoms with Crippen LogP contribution in [0.25, 0.3) is 0 Å². The first-order valence-electron chi connectivity index (χ1n) is 7.87. The zero-order valence-electron chi connectivity index (χ0n) is 13.6. The van der Waals surface area contributed by atoms with Crippen molar-refractivity contribution in [2.75, 3.05) is 24.7 Å². The summed E-state index contributed by atoms with van der Waals surface area (Å²) in [5, 5.41) is 0. The molecule has 3 rings (SSSR count). The third kappa shape index (κ3) is 4.77. The summed E-state index contributed by atoms with van der Waals surface area (Å²) in [6.45, 7) is 1.15. The highest BCUT2D eigenvalue weighted by atomic mass is 16.5. The quantitative estimate of drug-likeness (QED) is 0.733. The van der Waals surface area contributed by atoms with E-state index in [2.05, 4.69) is 15.0 Å². The second kappa shape index (κ2) is 7.75. The van der Waals surface area contributed by atoms with Crippen molar-refractivity contribution in [1.82, 2.24) is 15.0 Å². The Labute approximate surface area is 144 Å². The smallest absolute Gasteiger partial charge is 0.338 e. The van der Waals surface area contributed by atoms with Crippen LogP contribution in [0.1, 0.15) is 29.0 Å². The number of ether oxygens (including phenoxy) is 3. The van der Waals surface area contributed by atoms with Gasteiger partial charge in [-0.2, -0.15) is 15.0 Å². The molecule has 0 saturated carbocycles. The SMILES string of the molecule is Nc1nc(N)nc(COC(=O)c2ccc(OCC3CCCO3)cc2)n1. The van der Waals surface area contributed by atoms with E-state index in [0.717, 1.165) is 19.4 Å². The number of esters is 1. The van der Waals surface area contributed by atoms with Gasteiger partial charge in [0.2, 0.25) is 11.9 Å². The lowest BCUT2D eigenvalue weighted by molar-refractivity contribution is 0.0462. The standard InChI is InChI=1S/C16H19N5O4/c17-15-19-13(20-16(18)21-15)9-25-14(22)10-3-5-11(6-4-10)24-8-12-2-1-7-23-12/h3-6,12H,1-2,7-9H2,(H4,17,18,19,20,21). The summed E-state index contributed by atoms with van der Waals surface area (Å²) >= 11 is 0. The zero-order valence-corrected chi connectivity index (χ0v) is 13.6. The molecule has 1 saturated heterocycles. The third-order valence-electron chi connectivity index (χ3n) is 3.60. The zero-order chi connectivity index (χ0) is 17.6. The molecule has 1 aromatic heterocycles. The molecule has 1 aliphatic rings. The lowest BCUT2D eigenvalue weighted by atomic mass is 10.2. The van der Waals surface area contributed by atoms with E-state index in [-0.39, 0.29) is 30.4 Å². The Kier molecular flexibility index (Phi) is 5.24. The van der Waals surface area contributed by atoms with Crippen LogP contribution in [0.3, 0.4) is 0 Å². The van der Waals surface area contributed by atoms with Crippen molar-refractivity contribution in [2.45, 2.75) is 25.6 Å². The summed E-state index contributed by atoms with van der Waals surface area (Å²) in [6.07, 6.45) is 2.22. The summed E-state index contributed by atoms with van der Waals surface area (Å²) in [5.41, 5.74) is 11.3. The number of nitrogens with zero attached hydrogens (tertiary/aromatic N) is 3. The molecule has 1 fully saturated rings. The molecule has 1 unspecified atom stereocenters. The summed E-state index contributed by atoms with van der Waals surface area (Å²) in [5.74, 6) is 0.306. The van der Waals surface area contributed by atoms with Crippen molar-refractivity contribution in [3.63, 3.8) is 0 Å². The van der Waals surface area contributed by atoms with Gasteiger partial charge < -0.3 is 25.7 Å². The predicted molar refractivity (Wildman–Crippen MR) is 88.7 cm³/mol. The number of aromatic nitrogens is 3. The minimum atomic E-state index is -0.511. The number of carbonyl (C=O) groups excluding carboxylic acids is 1. The molecule has 1 aliphatic heterocycles. The van der Waals surface area contributed by atoms with Crippen LogP contribution >= 0.6 is 0 Å². The van der Waals surface area contributed by atoms with Crippen molar-refractivity contribution in [3.05, 3.63) is 35.7 Å². The molecule has 25 heavy (non-hydrogen) atoms. The van der Waals surface area contributed by atoms with E-state index in [1.165, 1.54) is 0 Å². The molecular weight excluding hydrogens is 326 g/mol. The molecule has 2 heterocycles. The Morgan fingerprint density at radius 1 is 1.16 bits per heavy atom. The van der Waals surface area contributed by atoms with Crippen molar-refractivity contribution in [3.8, 4) is 5.75 Å². The summed E-state index contributed by atoms with van der Waals surface area (Å²) in [4.78, 5) is 23.4. The van der Waals surface area contributed by atoms with Gasteiger partial charge >= 0.3 is 5.97 Å². The number of benzene rings is 1. The fourth-order valence-corrected chi connectivity index (χ4v) is 2.39. The highest BCUT2D eigenvalue weighted by molar-refractivity contribution is 5.89. The molecule has 0 bridgehead atoms. The van der Waals surface area contributed by atoms with Gasteiger partial charge in [0.05, 0.1) is 11.7 Å². The first kappa shape index (κ1) is 16.9. The third-order valence-corrected chi connectivity index (χ3v) is 3.60. The topological polar surface area (TPSA) is 135 Å².